The molecule has 3 rings (SSSR count). The summed E-state index contributed by atoms with van der Waals surface area (Å²) in [5, 5.41) is 0. The second kappa shape index (κ2) is 4.56. The zero-order valence-electron chi connectivity index (χ0n) is 10.7. The summed E-state index contributed by atoms with van der Waals surface area (Å²) in [5.74, 6) is 2.53. The van der Waals surface area contributed by atoms with E-state index in [1.165, 1.54) is 19.3 Å². The highest BCUT2D eigenvalue weighted by Crippen LogP contribution is 2.54. The van der Waals surface area contributed by atoms with Crippen molar-refractivity contribution >= 4 is 0 Å². The lowest BCUT2D eigenvalue weighted by Crippen LogP contribution is -2.36. The van der Waals surface area contributed by atoms with Crippen LogP contribution in [0, 0.1) is 17.8 Å². The van der Waals surface area contributed by atoms with Gasteiger partial charge in [0.2, 0.25) is 0 Å². The van der Waals surface area contributed by atoms with Crippen molar-refractivity contribution < 1.29 is 4.39 Å². The molecule has 1 saturated carbocycles. The first-order chi connectivity index (χ1) is 8.29. The van der Waals surface area contributed by atoms with Crippen LogP contribution < -0.4 is 0 Å². The van der Waals surface area contributed by atoms with E-state index in [1.54, 1.807) is 11.1 Å². The van der Waals surface area contributed by atoms with Gasteiger partial charge in [-0.15, -0.1) is 0 Å². The molecule has 0 aromatic heterocycles. The normalized spacial score (nSPS) is 34.0. The SMILES string of the molecule is CC1=CC=C(C2CCN(CCF)CC2)C2CC12. The molecule has 0 bridgehead atoms. The van der Waals surface area contributed by atoms with Crippen LogP contribution in [0.4, 0.5) is 4.39 Å². The number of hydrogen-bond acceptors (Lipinski definition) is 1. The predicted octanol–water partition coefficient (Wildman–Crippen LogP) is 3.19. The lowest BCUT2D eigenvalue weighted by molar-refractivity contribution is 0.183. The number of allylic oxidation sites excluding steroid dienone is 4. The van der Waals surface area contributed by atoms with Crippen molar-refractivity contribution in [1.29, 1.82) is 0 Å². The highest BCUT2D eigenvalue weighted by Gasteiger charge is 2.44. The fourth-order valence-corrected chi connectivity index (χ4v) is 3.59. The van der Waals surface area contributed by atoms with Gasteiger partial charge in [-0.25, -0.2) is 4.39 Å². The third-order valence-corrected chi connectivity index (χ3v) is 4.80. The van der Waals surface area contributed by atoms with Crippen LogP contribution in [-0.2, 0) is 0 Å². The molecule has 17 heavy (non-hydrogen) atoms. The summed E-state index contributed by atoms with van der Waals surface area (Å²) in [4.78, 5) is 2.27. The summed E-state index contributed by atoms with van der Waals surface area (Å²) in [6.45, 7) is 4.89. The zero-order valence-corrected chi connectivity index (χ0v) is 10.7. The maximum atomic E-state index is 12.3. The monoisotopic (exact) mass is 235 g/mol. The minimum absolute atomic E-state index is 0.194. The highest BCUT2D eigenvalue weighted by atomic mass is 19.1. The molecule has 1 aliphatic heterocycles. The highest BCUT2D eigenvalue weighted by molar-refractivity contribution is 5.36. The average Bonchev–Trinajstić information content (AvgIpc) is 3.12. The second-order valence-corrected chi connectivity index (χ2v) is 5.83. The average molecular weight is 235 g/mol. The molecule has 2 aliphatic carbocycles. The van der Waals surface area contributed by atoms with E-state index in [-0.39, 0.29) is 6.67 Å². The minimum Gasteiger partial charge on any atom is -0.301 e. The molecule has 1 nitrogen and oxygen atoms in total. The molecule has 2 unspecified atom stereocenters. The van der Waals surface area contributed by atoms with Crippen LogP contribution in [0.15, 0.2) is 23.3 Å². The van der Waals surface area contributed by atoms with E-state index in [1.807, 2.05) is 0 Å². The summed E-state index contributed by atoms with van der Waals surface area (Å²) >= 11 is 0. The quantitative estimate of drug-likeness (QED) is 0.726. The number of piperidine rings is 1. The van der Waals surface area contributed by atoms with E-state index in [0.29, 0.717) is 6.54 Å². The van der Waals surface area contributed by atoms with Gasteiger partial charge in [-0.1, -0.05) is 23.3 Å². The molecule has 0 spiro atoms. The second-order valence-electron chi connectivity index (χ2n) is 5.83. The van der Waals surface area contributed by atoms with Crippen LogP contribution in [0.5, 0.6) is 0 Å². The van der Waals surface area contributed by atoms with Gasteiger partial charge in [-0.05, 0) is 57.0 Å². The van der Waals surface area contributed by atoms with Crippen LogP contribution in [0.2, 0.25) is 0 Å². The number of likely N-dealkylation sites (tertiary alicyclic amines) is 1. The van der Waals surface area contributed by atoms with Gasteiger partial charge in [0.15, 0.2) is 0 Å². The molecule has 1 saturated heterocycles. The van der Waals surface area contributed by atoms with Crippen molar-refractivity contribution in [1.82, 2.24) is 4.90 Å². The van der Waals surface area contributed by atoms with E-state index >= 15 is 0 Å². The molecule has 0 amide bonds. The largest absolute Gasteiger partial charge is 0.301 e. The molecular formula is C15H22FN. The third kappa shape index (κ3) is 2.20. The summed E-state index contributed by atoms with van der Waals surface area (Å²) in [5.41, 5.74) is 3.29. The number of alkyl halides is 1. The Morgan fingerprint density at radius 2 is 2.00 bits per heavy atom. The van der Waals surface area contributed by atoms with Gasteiger partial charge in [0.25, 0.3) is 0 Å². The first-order valence-electron chi connectivity index (χ1n) is 6.96. The van der Waals surface area contributed by atoms with Gasteiger partial charge in [0.1, 0.15) is 6.67 Å². The molecule has 3 aliphatic rings. The van der Waals surface area contributed by atoms with E-state index in [4.69, 9.17) is 0 Å². The molecule has 0 radical (unpaired) electrons. The Labute approximate surface area is 103 Å². The van der Waals surface area contributed by atoms with Crippen LogP contribution in [0.25, 0.3) is 0 Å². The Kier molecular flexibility index (Phi) is 3.08. The molecule has 0 N–H and O–H groups in total. The fraction of sp³-hybridized carbons (Fsp3) is 0.733. The summed E-state index contributed by atoms with van der Waals surface area (Å²) in [6, 6.07) is 0. The van der Waals surface area contributed by atoms with Gasteiger partial charge in [0, 0.05) is 6.54 Å². The molecular weight excluding hydrogens is 213 g/mol. The summed E-state index contributed by atoms with van der Waals surface area (Å²) in [6.07, 6.45) is 8.58. The van der Waals surface area contributed by atoms with Gasteiger partial charge in [0.05, 0.1) is 0 Å². The van der Waals surface area contributed by atoms with Crippen molar-refractivity contribution in [3.63, 3.8) is 0 Å². The molecule has 2 fully saturated rings. The molecule has 2 atom stereocenters. The van der Waals surface area contributed by atoms with Crippen LogP contribution in [0.1, 0.15) is 26.2 Å². The maximum Gasteiger partial charge on any atom is 0.102 e. The van der Waals surface area contributed by atoms with Gasteiger partial charge >= 0.3 is 0 Å². The topological polar surface area (TPSA) is 3.24 Å². The smallest absolute Gasteiger partial charge is 0.102 e. The van der Waals surface area contributed by atoms with E-state index in [0.717, 1.165) is 30.8 Å². The van der Waals surface area contributed by atoms with Crippen molar-refractivity contribution in [2.45, 2.75) is 26.2 Å². The van der Waals surface area contributed by atoms with Crippen molar-refractivity contribution in [2.24, 2.45) is 17.8 Å². The molecule has 0 aromatic rings. The minimum atomic E-state index is -0.194. The number of nitrogens with zero attached hydrogens (tertiary/aromatic N) is 1. The van der Waals surface area contributed by atoms with Crippen LogP contribution in [0.3, 0.4) is 0 Å². The lowest BCUT2D eigenvalue weighted by atomic mass is 9.83. The molecule has 0 aromatic carbocycles. The van der Waals surface area contributed by atoms with E-state index in [9.17, 15) is 4.39 Å². The van der Waals surface area contributed by atoms with Gasteiger partial charge in [-0.3, -0.25) is 0 Å². The van der Waals surface area contributed by atoms with Crippen molar-refractivity contribution in [3.8, 4) is 0 Å². The molecule has 94 valence electrons. The number of fused-ring (bicyclic) bond motifs is 1. The number of halogens is 1. The Balaban J connectivity index is 1.60. The molecule has 2 heteroatoms. The lowest BCUT2D eigenvalue weighted by Gasteiger charge is -2.33. The predicted molar refractivity (Wildman–Crippen MR) is 68.6 cm³/mol. The first-order valence-corrected chi connectivity index (χ1v) is 6.96. The Bertz CT molecular complexity index is 350. The standard InChI is InChI=1S/C15H22FN/c1-11-2-3-13(15-10-14(11)15)12-4-7-17(8-5-12)9-6-16/h2-3,12,14-15H,4-10H2,1H3. The Hall–Kier alpha value is -0.630. The number of hydrogen-bond donors (Lipinski definition) is 0. The maximum absolute atomic E-state index is 12.3. The zero-order chi connectivity index (χ0) is 11.8. The Morgan fingerprint density at radius 3 is 2.71 bits per heavy atom. The van der Waals surface area contributed by atoms with E-state index < -0.39 is 0 Å². The summed E-state index contributed by atoms with van der Waals surface area (Å²) < 4.78 is 12.3. The first kappa shape index (κ1) is 11.5. The summed E-state index contributed by atoms with van der Waals surface area (Å²) in [7, 11) is 0. The molecule has 1 heterocycles. The Morgan fingerprint density at radius 1 is 1.24 bits per heavy atom. The van der Waals surface area contributed by atoms with E-state index in [2.05, 4.69) is 24.0 Å². The fourth-order valence-electron chi connectivity index (χ4n) is 3.59. The number of rotatable bonds is 3. The van der Waals surface area contributed by atoms with Gasteiger partial charge < -0.3 is 4.90 Å². The van der Waals surface area contributed by atoms with Crippen LogP contribution in [-0.4, -0.2) is 31.2 Å². The van der Waals surface area contributed by atoms with Crippen molar-refractivity contribution in [2.75, 3.05) is 26.3 Å². The van der Waals surface area contributed by atoms with Crippen molar-refractivity contribution in [3.05, 3.63) is 23.3 Å². The van der Waals surface area contributed by atoms with Gasteiger partial charge in [-0.2, -0.15) is 0 Å². The van der Waals surface area contributed by atoms with Crippen LogP contribution >= 0.6 is 0 Å². The third-order valence-electron chi connectivity index (χ3n) is 4.80.